The molecule has 104 valence electrons. The van der Waals surface area contributed by atoms with Crippen molar-refractivity contribution in [2.45, 2.75) is 6.92 Å². The molecule has 3 nitrogen and oxygen atoms in total. The van der Waals surface area contributed by atoms with E-state index in [2.05, 4.69) is 10.1 Å². The van der Waals surface area contributed by atoms with Crippen molar-refractivity contribution in [3.05, 3.63) is 70.6 Å². The first-order valence-electron chi connectivity index (χ1n) is 6.56. The third-order valence-corrected chi connectivity index (χ3v) is 3.37. The number of aryl methyl sites for hydroxylation is 1. The van der Waals surface area contributed by atoms with Gasteiger partial charge in [-0.1, -0.05) is 58.7 Å². The summed E-state index contributed by atoms with van der Waals surface area (Å²) in [5, 5.41) is 4.68. The van der Waals surface area contributed by atoms with Gasteiger partial charge in [-0.05, 0) is 30.7 Å². The average Bonchev–Trinajstić information content (AvgIpc) is 2.95. The molecule has 1 aromatic heterocycles. The quantitative estimate of drug-likeness (QED) is 0.692. The smallest absolute Gasteiger partial charge is 0.250 e. The van der Waals surface area contributed by atoms with Crippen LogP contribution in [0.25, 0.3) is 23.5 Å². The number of hydrogen-bond acceptors (Lipinski definition) is 3. The molecule has 0 aliphatic rings. The zero-order chi connectivity index (χ0) is 14.7. The fraction of sp³-hybridized carbons (Fsp3) is 0.0588. The van der Waals surface area contributed by atoms with Gasteiger partial charge in [-0.3, -0.25) is 0 Å². The van der Waals surface area contributed by atoms with Crippen molar-refractivity contribution in [2.75, 3.05) is 0 Å². The third-order valence-electron chi connectivity index (χ3n) is 3.03. The molecule has 0 atom stereocenters. The fourth-order valence-corrected chi connectivity index (χ4v) is 2.17. The molecule has 3 aromatic rings. The van der Waals surface area contributed by atoms with Crippen LogP contribution >= 0.6 is 11.6 Å². The molecule has 0 saturated carbocycles. The highest BCUT2D eigenvalue weighted by molar-refractivity contribution is 6.32. The Labute approximate surface area is 127 Å². The van der Waals surface area contributed by atoms with Crippen molar-refractivity contribution in [3.63, 3.8) is 0 Å². The van der Waals surface area contributed by atoms with E-state index in [9.17, 15) is 0 Å². The second-order valence-electron chi connectivity index (χ2n) is 4.68. The molecule has 0 saturated heterocycles. The summed E-state index contributed by atoms with van der Waals surface area (Å²) < 4.78 is 5.23. The van der Waals surface area contributed by atoms with E-state index >= 15 is 0 Å². The van der Waals surface area contributed by atoms with E-state index in [1.807, 2.05) is 61.5 Å². The summed E-state index contributed by atoms with van der Waals surface area (Å²) in [5.74, 6) is 1.03. The largest absolute Gasteiger partial charge is 0.334 e. The van der Waals surface area contributed by atoms with Crippen LogP contribution in [0.1, 0.15) is 17.0 Å². The number of hydrogen-bond donors (Lipinski definition) is 0. The Morgan fingerprint density at radius 3 is 2.71 bits per heavy atom. The topological polar surface area (TPSA) is 38.9 Å². The van der Waals surface area contributed by atoms with E-state index in [0.29, 0.717) is 16.7 Å². The summed E-state index contributed by atoms with van der Waals surface area (Å²) in [6.45, 7) is 2.03. The summed E-state index contributed by atoms with van der Waals surface area (Å²) in [6.07, 6.45) is 3.61. The third kappa shape index (κ3) is 3.20. The summed E-state index contributed by atoms with van der Waals surface area (Å²) >= 11 is 6.09. The van der Waals surface area contributed by atoms with Gasteiger partial charge in [0.15, 0.2) is 0 Å². The number of benzene rings is 2. The zero-order valence-electron chi connectivity index (χ0n) is 11.5. The van der Waals surface area contributed by atoms with Crippen LogP contribution in [-0.2, 0) is 0 Å². The minimum absolute atomic E-state index is 0.450. The Morgan fingerprint density at radius 1 is 1.05 bits per heavy atom. The molecule has 0 aliphatic carbocycles. The van der Waals surface area contributed by atoms with Gasteiger partial charge in [0.1, 0.15) is 0 Å². The molecule has 0 aliphatic heterocycles. The van der Waals surface area contributed by atoms with Crippen LogP contribution < -0.4 is 0 Å². The highest BCUT2D eigenvalue weighted by atomic mass is 35.5. The van der Waals surface area contributed by atoms with Gasteiger partial charge >= 0.3 is 0 Å². The Morgan fingerprint density at radius 2 is 1.90 bits per heavy atom. The van der Waals surface area contributed by atoms with E-state index in [1.54, 1.807) is 6.08 Å². The second kappa shape index (κ2) is 5.94. The normalized spacial score (nSPS) is 11.1. The van der Waals surface area contributed by atoms with Crippen LogP contribution in [0, 0.1) is 6.92 Å². The summed E-state index contributed by atoms with van der Waals surface area (Å²) in [4.78, 5) is 4.36. The minimum atomic E-state index is 0.450. The number of aromatic nitrogens is 2. The van der Waals surface area contributed by atoms with Gasteiger partial charge in [-0.2, -0.15) is 4.98 Å². The van der Waals surface area contributed by atoms with Crippen LogP contribution in [0.4, 0.5) is 0 Å². The predicted octanol–water partition coefficient (Wildman–Crippen LogP) is 4.87. The van der Waals surface area contributed by atoms with Crippen molar-refractivity contribution in [2.24, 2.45) is 0 Å². The lowest BCUT2D eigenvalue weighted by atomic mass is 10.1. The van der Waals surface area contributed by atoms with Crippen LogP contribution in [0.15, 0.2) is 53.1 Å². The average molecular weight is 297 g/mol. The molecule has 0 N–H and O–H groups in total. The zero-order valence-corrected chi connectivity index (χ0v) is 12.2. The van der Waals surface area contributed by atoms with Gasteiger partial charge in [-0.25, -0.2) is 0 Å². The second-order valence-corrected chi connectivity index (χ2v) is 5.09. The highest BCUT2D eigenvalue weighted by Crippen LogP contribution is 2.20. The van der Waals surface area contributed by atoms with Gasteiger partial charge in [-0.15, -0.1) is 0 Å². The molecular formula is C17H13ClN2O. The van der Waals surface area contributed by atoms with Gasteiger partial charge in [0.25, 0.3) is 5.89 Å². The first-order valence-corrected chi connectivity index (χ1v) is 6.93. The maximum atomic E-state index is 6.09. The van der Waals surface area contributed by atoms with E-state index in [1.165, 1.54) is 0 Å². The van der Waals surface area contributed by atoms with Crippen molar-refractivity contribution in [1.29, 1.82) is 0 Å². The van der Waals surface area contributed by atoms with Crippen molar-refractivity contribution < 1.29 is 4.52 Å². The molecule has 0 amide bonds. The Kier molecular flexibility index (Phi) is 3.84. The van der Waals surface area contributed by atoms with Crippen molar-refractivity contribution in [1.82, 2.24) is 10.1 Å². The Bertz CT molecular complexity index is 793. The molecule has 0 radical (unpaired) electrons. The van der Waals surface area contributed by atoms with Gasteiger partial charge in [0.05, 0.1) is 0 Å². The summed E-state index contributed by atoms with van der Waals surface area (Å²) in [7, 11) is 0. The molecular weight excluding hydrogens is 284 g/mol. The minimum Gasteiger partial charge on any atom is -0.334 e. The number of nitrogens with zero attached hydrogens (tertiary/aromatic N) is 2. The molecule has 1 heterocycles. The van der Waals surface area contributed by atoms with Crippen LogP contribution in [0.3, 0.4) is 0 Å². The first-order chi connectivity index (χ1) is 10.2. The molecule has 2 aromatic carbocycles. The summed E-state index contributed by atoms with van der Waals surface area (Å²) in [6, 6.07) is 15.6. The maximum absolute atomic E-state index is 6.09. The Balaban J connectivity index is 1.84. The van der Waals surface area contributed by atoms with Crippen molar-refractivity contribution >= 4 is 23.8 Å². The van der Waals surface area contributed by atoms with Gasteiger partial charge in [0.2, 0.25) is 5.82 Å². The van der Waals surface area contributed by atoms with Crippen LogP contribution in [0.5, 0.6) is 0 Å². The molecule has 3 rings (SSSR count). The number of rotatable bonds is 3. The SMILES string of the molecule is Cc1cccc(-c2noc(/C=C/c3ccccc3Cl)n2)c1. The van der Waals surface area contributed by atoms with E-state index < -0.39 is 0 Å². The lowest BCUT2D eigenvalue weighted by molar-refractivity contribution is 0.411. The summed E-state index contributed by atoms with van der Waals surface area (Å²) in [5.41, 5.74) is 3.01. The molecule has 0 fully saturated rings. The predicted molar refractivity (Wildman–Crippen MR) is 84.9 cm³/mol. The van der Waals surface area contributed by atoms with E-state index in [4.69, 9.17) is 16.1 Å². The van der Waals surface area contributed by atoms with Gasteiger partial charge in [0, 0.05) is 16.7 Å². The molecule has 0 unspecified atom stereocenters. The fourth-order valence-electron chi connectivity index (χ4n) is 1.98. The van der Waals surface area contributed by atoms with Gasteiger partial charge < -0.3 is 4.52 Å². The monoisotopic (exact) mass is 296 g/mol. The van der Waals surface area contributed by atoms with E-state index in [0.717, 1.165) is 16.7 Å². The molecule has 0 bridgehead atoms. The lowest BCUT2D eigenvalue weighted by Gasteiger charge is -1.95. The first kappa shape index (κ1) is 13.6. The van der Waals surface area contributed by atoms with E-state index in [-0.39, 0.29) is 0 Å². The highest BCUT2D eigenvalue weighted by Gasteiger charge is 2.06. The Hall–Kier alpha value is -2.39. The number of halogens is 1. The van der Waals surface area contributed by atoms with Crippen LogP contribution in [-0.4, -0.2) is 10.1 Å². The lowest BCUT2D eigenvalue weighted by Crippen LogP contribution is -1.81. The molecule has 0 spiro atoms. The maximum Gasteiger partial charge on any atom is 0.250 e. The van der Waals surface area contributed by atoms with Crippen LogP contribution in [0.2, 0.25) is 5.02 Å². The van der Waals surface area contributed by atoms with Crippen molar-refractivity contribution in [3.8, 4) is 11.4 Å². The molecule has 21 heavy (non-hydrogen) atoms. The molecule has 4 heteroatoms. The standard InChI is InChI=1S/C17H13ClN2O/c1-12-5-4-7-14(11-12)17-19-16(21-20-17)10-9-13-6-2-3-8-15(13)18/h2-11H,1H3/b10-9+.